The van der Waals surface area contributed by atoms with Crippen molar-refractivity contribution in [3.63, 3.8) is 0 Å². The van der Waals surface area contributed by atoms with Gasteiger partial charge in [0, 0.05) is 0 Å². The summed E-state index contributed by atoms with van der Waals surface area (Å²) >= 11 is 0. The molecule has 0 bridgehead atoms. The second-order valence-corrected chi connectivity index (χ2v) is 5.43. The van der Waals surface area contributed by atoms with Gasteiger partial charge >= 0.3 is 0 Å². The third-order valence-corrected chi connectivity index (χ3v) is 4.05. The maximum absolute atomic E-state index is 9.99. The van der Waals surface area contributed by atoms with Gasteiger partial charge in [-0.25, -0.2) is 0 Å². The van der Waals surface area contributed by atoms with Crippen LogP contribution < -0.4 is 0 Å². The second-order valence-electron chi connectivity index (χ2n) is 5.43. The first-order chi connectivity index (χ1) is 9.34. The fourth-order valence-electron chi connectivity index (χ4n) is 2.66. The van der Waals surface area contributed by atoms with Crippen molar-refractivity contribution in [3.8, 4) is 0 Å². The molecule has 9 nitrogen and oxygen atoms in total. The van der Waals surface area contributed by atoms with Gasteiger partial charge in [0.25, 0.3) is 0 Å². The highest BCUT2D eigenvalue weighted by Crippen LogP contribution is 2.47. The first kappa shape index (κ1) is 14.6. The Bertz CT molecular complexity index is 392. The van der Waals surface area contributed by atoms with Crippen LogP contribution in [-0.4, -0.2) is 87.1 Å². The van der Waals surface area contributed by atoms with Crippen molar-refractivity contribution in [2.75, 3.05) is 13.2 Å². The summed E-state index contributed by atoms with van der Waals surface area (Å²) in [5.74, 6) is -1.75. The molecule has 8 atom stereocenters. The number of fused-ring (bicyclic) bond motifs is 1. The van der Waals surface area contributed by atoms with E-state index in [4.69, 9.17) is 18.9 Å². The Labute approximate surface area is 114 Å². The number of ether oxygens (including phenoxy) is 4. The normalized spacial score (nSPS) is 58.5. The molecule has 20 heavy (non-hydrogen) atoms. The molecule has 3 fully saturated rings. The number of rotatable bonds is 3. The lowest BCUT2D eigenvalue weighted by atomic mass is 9.99. The summed E-state index contributed by atoms with van der Waals surface area (Å²) in [6.45, 7) is 0.692. The van der Waals surface area contributed by atoms with E-state index in [2.05, 4.69) is 0 Å². The van der Waals surface area contributed by atoms with E-state index in [1.807, 2.05) is 0 Å². The van der Waals surface area contributed by atoms with Crippen LogP contribution in [0.5, 0.6) is 0 Å². The fourth-order valence-corrected chi connectivity index (χ4v) is 2.66. The summed E-state index contributed by atoms with van der Waals surface area (Å²) in [7, 11) is 0. The van der Waals surface area contributed by atoms with Gasteiger partial charge in [-0.15, -0.1) is 0 Å². The largest absolute Gasteiger partial charge is 0.393 e. The van der Waals surface area contributed by atoms with E-state index in [1.54, 1.807) is 6.92 Å². The highest BCUT2D eigenvalue weighted by Gasteiger charge is 2.70. The summed E-state index contributed by atoms with van der Waals surface area (Å²) in [5, 5.41) is 48.6. The maximum Gasteiger partial charge on any atom is 0.227 e. The average Bonchev–Trinajstić information content (AvgIpc) is 3.06. The van der Waals surface area contributed by atoms with Crippen molar-refractivity contribution in [3.05, 3.63) is 0 Å². The predicted molar refractivity (Wildman–Crippen MR) is 59.0 cm³/mol. The lowest BCUT2D eigenvalue weighted by molar-refractivity contribution is -0.312. The molecule has 0 saturated carbocycles. The van der Waals surface area contributed by atoms with Crippen LogP contribution in [0.1, 0.15) is 6.92 Å². The van der Waals surface area contributed by atoms with E-state index in [-0.39, 0.29) is 6.61 Å². The Balaban J connectivity index is 1.76. The summed E-state index contributed by atoms with van der Waals surface area (Å²) < 4.78 is 20.6. The molecule has 3 heterocycles. The Morgan fingerprint density at radius 1 is 1.25 bits per heavy atom. The van der Waals surface area contributed by atoms with Crippen LogP contribution in [0.25, 0.3) is 0 Å². The number of hydrogen-bond acceptors (Lipinski definition) is 9. The minimum Gasteiger partial charge on any atom is -0.393 e. The maximum atomic E-state index is 9.99. The summed E-state index contributed by atoms with van der Waals surface area (Å²) in [5.41, 5.74) is -1.64. The van der Waals surface area contributed by atoms with Crippen LogP contribution in [-0.2, 0) is 18.9 Å². The van der Waals surface area contributed by atoms with E-state index >= 15 is 0 Å². The van der Waals surface area contributed by atoms with Crippen molar-refractivity contribution in [2.45, 2.75) is 55.3 Å². The van der Waals surface area contributed by atoms with Gasteiger partial charge in [0.15, 0.2) is 18.7 Å². The van der Waals surface area contributed by atoms with Crippen LogP contribution in [0.15, 0.2) is 0 Å². The van der Waals surface area contributed by atoms with Gasteiger partial charge in [-0.3, -0.25) is 0 Å². The Kier molecular flexibility index (Phi) is 3.33. The van der Waals surface area contributed by atoms with Gasteiger partial charge in [0.05, 0.1) is 19.3 Å². The van der Waals surface area contributed by atoms with Crippen LogP contribution in [0.3, 0.4) is 0 Å². The highest BCUT2D eigenvalue weighted by atomic mass is 16.8. The summed E-state index contributed by atoms with van der Waals surface area (Å²) in [4.78, 5) is 0. The van der Waals surface area contributed by atoms with E-state index in [1.165, 1.54) is 0 Å². The van der Waals surface area contributed by atoms with Gasteiger partial charge in [-0.1, -0.05) is 0 Å². The van der Waals surface area contributed by atoms with Crippen LogP contribution in [0, 0.1) is 0 Å². The van der Waals surface area contributed by atoms with Gasteiger partial charge < -0.3 is 44.5 Å². The monoisotopic (exact) mass is 294 g/mol. The number of aliphatic hydroxyl groups excluding tert-OH is 4. The molecular weight excluding hydrogens is 276 g/mol. The zero-order valence-electron chi connectivity index (χ0n) is 10.7. The van der Waals surface area contributed by atoms with Crippen molar-refractivity contribution >= 4 is 0 Å². The molecule has 5 N–H and O–H groups in total. The van der Waals surface area contributed by atoms with Crippen molar-refractivity contribution < 1.29 is 44.5 Å². The van der Waals surface area contributed by atoms with Crippen molar-refractivity contribution in [1.29, 1.82) is 0 Å². The summed E-state index contributed by atoms with van der Waals surface area (Å²) in [6.07, 6.45) is -7.02. The van der Waals surface area contributed by atoms with Crippen LogP contribution in [0.4, 0.5) is 0 Å². The topological polar surface area (TPSA) is 141 Å². The minimum atomic E-state index is -1.75. The molecule has 9 heteroatoms. The smallest absolute Gasteiger partial charge is 0.227 e. The molecule has 0 aliphatic carbocycles. The van der Waals surface area contributed by atoms with Crippen molar-refractivity contribution in [1.82, 2.24) is 0 Å². The number of hydrogen-bond donors (Lipinski definition) is 5. The molecule has 116 valence electrons. The molecule has 0 radical (unpaired) electrons. The summed E-state index contributed by atoms with van der Waals surface area (Å²) in [6, 6.07) is 0. The fraction of sp³-hybridized carbons (Fsp3) is 1.00. The molecule has 0 aromatic rings. The molecule has 3 aliphatic rings. The quantitative estimate of drug-likeness (QED) is 0.337. The Hall–Kier alpha value is -0.360. The van der Waals surface area contributed by atoms with Gasteiger partial charge in [-0.2, -0.15) is 0 Å². The van der Waals surface area contributed by atoms with Crippen LogP contribution >= 0.6 is 0 Å². The second kappa shape index (κ2) is 4.57. The minimum absolute atomic E-state index is 0.282. The molecule has 3 aliphatic heterocycles. The van der Waals surface area contributed by atoms with Gasteiger partial charge in [0.2, 0.25) is 5.79 Å². The Morgan fingerprint density at radius 3 is 2.50 bits per heavy atom. The Morgan fingerprint density at radius 2 is 1.95 bits per heavy atom. The molecule has 0 amide bonds. The zero-order valence-corrected chi connectivity index (χ0v) is 10.7. The number of epoxide rings is 1. The lowest BCUT2D eigenvalue weighted by Gasteiger charge is -2.38. The van der Waals surface area contributed by atoms with Crippen molar-refractivity contribution in [2.24, 2.45) is 0 Å². The van der Waals surface area contributed by atoms with E-state index < -0.39 is 55.0 Å². The third kappa shape index (κ3) is 1.90. The van der Waals surface area contributed by atoms with Gasteiger partial charge in [-0.05, 0) is 6.92 Å². The highest BCUT2D eigenvalue weighted by molar-refractivity contribution is 5.07. The van der Waals surface area contributed by atoms with E-state index in [0.29, 0.717) is 0 Å². The molecule has 0 aromatic carbocycles. The standard InChI is InChI=1S/C11H18O9/c1-4-7-11(16,19-7)6(14)9(18-4)20-10(2-12)3-17-8(15)5(10)13/h4-9,12-16H,2-3H2,1H3/t4-,5-,6-,7-,8-,9-,10+,11+/m0/s1. The third-order valence-electron chi connectivity index (χ3n) is 4.05. The molecule has 0 aromatic heterocycles. The predicted octanol–water partition coefficient (Wildman–Crippen LogP) is -3.36. The molecule has 0 unspecified atom stereocenters. The molecular formula is C11H18O9. The lowest BCUT2D eigenvalue weighted by Crippen LogP contribution is -2.59. The molecule has 0 spiro atoms. The van der Waals surface area contributed by atoms with Crippen LogP contribution in [0.2, 0.25) is 0 Å². The molecule has 3 rings (SSSR count). The SMILES string of the molecule is C[C@@H]1O[C@@H](O[C@]2(CO)CO[C@H](O)[C@@H]2O)[C@H](O)[C@@]2(O)O[C@@H]12. The first-order valence-electron chi connectivity index (χ1n) is 6.34. The van der Waals surface area contributed by atoms with E-state index in [9.17, 15) is 25.5 Å². The molecule has 3 saturated heterocycles. The van der Waals surface area contributed by atoms with Gasteiger partial charge in [0.1, 0.15) is 17.8 Å². The number of aliphatic hydroxyl groups is 5. The zero-order chi connectivity index (χ0) is 14.7. The first-order valence-corrected chi connectivity index (χ1v) is 6.34. The van der Waals surface area contributed by atoms with E-state index in [0.717, 1.165) is 0 Å². The average molecular weight is 294 g/mol.